The number of methoxy groups -OCH3 is 1. The van der Waals surface area contributed by atoms with Crippen LogP contribution in [0.1, 0.15) is 10.4 Å². The van der Waals surface area contributed by atoms with E-state index in [4.69, 9.17) is 4.74 Å². The van der Waals surface area contributed by atoms with Crippen LogP contribution >= 0.6 is 11.8 Å². The highest BCUT2D eigenvalue weighted by molar-refractivity contribution is 8.16. The SMILES string of the molecule is COc1ccc2c(c1)C(=O)C(=O)S2. The predicted molar refractivity (Wildman–Crippen MR) is 48.2 cm³/mol. The molecule has 4 heteroatoms. The number of thioether (sulfide) groups is 1. The smallest absolute Gasteiger partial charge is 0.264 e. The Kier molecular flexibility index (Phi) is 1.84. The molecule has 3 nitrogen and oxygen atoms in total. The molecule has 0 unspecified atom stereocenters. The van der Waals surface area contributed by atoms with Crippen LogP contribution in [-0.2, 0) is 4.79 Å². The van der Waals surface area contributed by atoms with Crippen LogP contribution in [0.3, 0.4) is 0 Å². The lowest BCUT2D eigenvalue weighted by Crippen LogP contribution is -2.02. The predicted octanol–water partition coefficient (Wildman–Crippen LogP) is 1.51. The average molecular weight is 194 g/mol. The number of hydrogen-bond donors (Lipinski definition) is 0. The Balaban J connectivity index is 2.54. The van der Waals surface area contributed by atoms with Crippen molar-refractivity contribution in [2.24, 2.45) is 0 Å². The first-order chi connectivity index (χ1) is 6.22. The summed E-state index contributed by atoms with van der Waals surface area (Å²) in [4.78, 5) is 23.0. The quantitative estimate of drug-likeness (QED) is 0.635. The summed E-state index contributed by atoms with van der Waals surface area (Å²) in [5.41, 5.74) is 0.453. The third kappa shape index (κ3) is 1.23. The zero-order chi connectivity index (χ0) is 9.42. The molecule has 1 heterocycles. The molecule has 1 aromatic carbocycles. The van der Waals surface area contributed by atoms with Gasteiger partial charge in [0.2, 0.25) is 5.78 Å². The van der Waals surface area contributed by atoms with Gasteiger partial charge in [-0.15, -0.1) is 0 Å². The van der Waals surface area contributed by atoms with Crippen molar-refractivity contribution in [2.45, 2.75) is 4.90 Å². The monoisotopic (exact) mass is 194 g/mol. The van der Waals surface area contributed by atoms with Crippen molar-refractivity contribution < 1.29 is 14.3 Å². The second kappa shape index (κ2) is 2.88. The van der Waals surface area contributed by atoms with Gasteiger partial charge < -0.3 is 4.74 Å². The van der Waals surface area contributed by atoms with Crippen molar-refractivity contribution >= 4 is 22.7 Å². The molecule has 0 N–H and O–H groups in total. The zero-order valence-corrected chi connectivity index (χ0v) is 7.68. The lowest BCUT2D eigenvalue weighted by molar-refractivity contribution is -0.107. The lowest BCUT2D eigenvalue weighted by atomic mass is 10.1. The van der Waals surface area contributed by atoms with Gasteiger partial charge >= 0.3 is 0 Å². The van der Waals surface area contributed by atoms with Crippen LogP contribution in [0.2, 0.25) is 0 Å². The molecule has 13 heavy (non-hydrogen) atoms. The minimum atomic E-state index is -0.432. The molecule has 0 fully saturated rings. The molecule has 0 saturated carbocycles. The molecule has 0 bridgehead atoms. The minimum absolute atomic E-state index is 0.414. The normalized spacial score (nSPS) is 14.5. The summed E-state index contributed by atoms with van der Waals surface area (Å²) in [7, 11) is 1.52. The Hall–Kier alpha value is -1.29. The minimum Gasteiger partial charge on any atom is -0.497 e. The number of carbonyl (C=O) groups is 2. The van der Waals surface area contributed by atoms with Crippen LogP contribution in [0.25, 0.3) is 0 Å². The maximum Gasteiger partial charge on any atom is 0.264 e. The van der Waals surface area contributed by atoms with Crippen LogP contribution < -0.4 is 4.74 Å². The summed E-state index contributed by atoms with van der Waals surface area (Å²) in [6.07, 6.45) is 0. The van der Waals surface area contributed by atoms with Crippen LogP contribution in [0.5, 0.6) is 5.75 Å². The summed E-state index contributed by atoms with van der Waals surface area (Å²) >= 11 is 0.974. The third-order valence-electron chi connectivity index (χ3n) is 1.82. The number of hydrogen-bond acceptors (Lipinski definition) is 4. The zero-order valence-electron chi connectivity index (χ0n) is 6.87. The number of fused-ring (bicyclic) bond motifs is 1. The third-order valence-corrected chi connectivity index (χ3v) is 2.77. The van der Waals surface area contributed by atoms with Crippen molar-refractivity contribution in [3.8, 4) is 5.75 Å². The Bertz CT molecular complexity index is 398. The highest BCUT2D eigenvalue weighted by Gasteiger charge is 2.29. The Morgan fingerprint density at radius 1 is 1.31 bits per heavy atom. The van der Waals surface area contributed by atoms with Crippen molar-refractivity contribution in [2.75, 3.05) is 7.11 Å². The molecule has 0 spiro atoms. The van der Waals surface area contributed by atoms with E-state index < -0.39 is 10.9 Å². The molecule has 0 aliphatic carbocycles. The lowest BCUT2D eigenvalue weighted by Gasteiger charge is -2.00. The first kappa shape index (κ1) is 8.31. The van der Waals surface area contributed by atoms with E-state index >= 15 is 0 Å². The Morgan fingerprint density at radius 3 is 2.77 bits per heavy atom. The van der Waals surface area contributed by atoms with E-state index in [1.807, 2.05) is 0 Å². The van der Waals surface area contributed by atoms with Gasteiger partial charge in [-0.25, -0.2) is 0 Å². The van der Waals surface area contributed by atoms with E-state index in [1.165, 1.54) is 7.11 Å². The molecule has 1 aliphatic rings. The fraction of sp³-hybridized carbons (Fsp3) is 0.111. The van der Waals surface area contributed by atoms with E-state index in [0.29, 0.717) is 11.3 Å². The molecule has 2 rings (SSSR count). The van der Waals surface area contributed by atoms with Crippen molar-refractivity contribution in [3.05, 3.63) is 23.8 Å². The van der Waals surface area contributed by atoms with E-state index in [9.17, 15) is 9.59 Å². The molecular formula is C9H6O3S. The molecule has 1 aromatic rings. The van der Waals surface area contributed by atoms with Crippen LogP contribution in [0, 0.1) is 0 Å². The number of Topliss-reactive ketones (excluding diaryl/α,β-unsaturated/α-hetero) is 1. The largest absolute Gasteiger partial charge is 0.497 e. The maximum atomic E-state index is 11.2. The molecule has 0 amide bonds. The van der Waals surface area contributed by atoms with Crippen LogP contribution in [0.4, 0.5) is 0 Å². The fourth-order valence-electron chi connectivity index (χ4n) is 1.16. The standard InChI is InChI=1S/C9H6O3S/c1-12-5-2-3-7-6(4-5)8(10)9(11)13-7/h2-4H,1H3. The van der Waals surface area contributed by atoms with Crippen molar-refractivity contribution in [1.29, 1.82) is 0 Å². The summed E-state index contributed by atoms with van der Waals surface area (Å²) < 4.78 is 4.95. The Labute approximate surface area is 79.1 Å². The second-order valence-electron chi connectivity index (χ2n) is 2.58. The fourth-order valence-corrected chi connectivity index (χ4v) is 1.96. The number of rotatable bonds is 1. The van der Waals surface area contributed by atoms with Crippen LogP contribution in [-0.4, -0.2) is 18.0 Å². The molecule has 0 atom stereocenters. The summed E-state index contributed by atoms with van der Waals surface area (Å²) in [5, 5.41) is -0.414. The number of benzene rings is 1. The number of ether oxygens (including phenoxy) is 1. The molecule has 0 aromatic heterocycles. The van der Waals surface area contributed by atoms with Gasteiger partial charge in [-0.05, 0) is 30.0 Å². The Morgan fingerprint density at radius 2 is 2.08 bits per heavy atom. The van der Waals surface area contributed by atoms with E-state index in [2.05, 4.69) is 0 Å². The molecule has 0 saturated heterocycles. The molecule has 0 radical (unpaired) electrons. The first-order valence-corrected chi connectivity index (χ1v) is 4.48. The number of ketones is 1. The van der Waals surface area contributed by atoms with E-state index in [-0.39, 0.29) is 0 Å². The first-order valence-electron chi connectivity index (χ1n) is 3.67. The highest BCUT2D eigenvalue weighted by Crippen LogP contribution is 2.34. The van der Waals surface area contributed by atoms with E-state index in [0.717, 1.165) is 16.7 Å². The van der Waals surface area contributed by atoms with Gasteiger partial charge in [0, 0.05) is 10.5 Å². The summed E-state index contributed by atoms with van der Waals surface area (Å²) in [6.45, 7) is 0. The van der Waals surface area contributed by atoms with Crippen molar-refractivity contribution in [1.82, 2.24) is 0 Å². The highest BCUT2D eigenvalue weighted by atomic mass is 32.2. The van der Waals surface area contributed by atoms with Gasteiger partial charge in [-0.1, -0.05) is 0 Å². The van der Waals surface area contributed by atoms with Gasteiger partial charge in [-0.3, -0.25) is 9.59 Å². The second-order valence-corrected chi connectivity index (χ2v) is 3.60. The van der Waals surface area contributed by atoms with Gasteiger partial charge in [0.15, 0.2) is 0 Å². The van der Waals surface area contributed by atoms with E-state index in [1.54, 1.807) is 18.2 Å². The van der Waals surface area contributed by atoms with Gasteiger partial charge in [0.25, 0.3) is 5.12 Å². The van der Waals surface area contributed by atoms with Gasteiger partial charge in [0.05, 0.1) is 7.11 Å². The summed E-state index contributed by atoms with van der Waals surface area (Å²) in [5.74, 6) is 0.168. The molecular weight excluding hydrogens is 188 g/mol. The van der Waals surface area contributed by atoms with Crippen LogP contribution in [0.15, 0.2) is 23.1 Å². The molecule has 1 aliphatic heterocycles. The van der Waals surface area contributed by atoms with Crippen molar-refractivity contribution in [3.63, 3.8) is 0 Å². The topological polar surface area (TPSA) is 43.4 Å². The molecule has 66 valence electrons. The average Bonchev–Trinajstić information content (AvgIpc) is 2.43. The maximum absolute atomic E-state index is 11.2. The van der Waals surface area contributed by atoms with Gasteiger partial charge in [0.1, 0.15) is 5.75 Å². The summed E-state index contributed by atoms with van der Waals surface area (Å²) in [6, 6.07) is 5.05. The van der Waals surface area contributed by atoms with Gasteiger partial charge in [-0.2, -0.15) is 0 Å². The number of carbonyl (C=O) groups excluding carboxylic acids is 2.